The van der Waals surface area contributed by atoms with Crippen molar-refractivity contribution in [1.29, 1.82) is 0 Å². The number of hydrogen-bond donors (Lipinski definition) is 1. The van der Waals surface area contributed by atoms with E-state index in [9.17, 15) is 0 Å². The lowest BCUT2D eigenvalue weighted by molar-refractivity contribution is 0.0920. The average Bonchev–Trinajstić information content (AvgIpc) is 2.31. The van der Waals surface area contributed by atoms with Crippen LogP contribution in [0.2, 0.25) is 0 Å². The molecule has 0 saturated carbocycles. The second kappa shape index (κ2) is 7.30. The van der Waals surface area contributed by atoms with Crippen LogP contribution >= 0.6 is 0 Å². The van der Waals surface area contributed by atoms with Crippen molar-refractivity contribution in [3.05, 3.63) is 29.8 Å². The first kappa shape index (κ1) is 14.0. The van der Waals surface area contributed by atoms with Crippen LogP contribution in [0.3, 0.4) is 0 Å². The zero-order valence-corrected chi connectivity index (χ0v) is 11.2. The Bertz CT molecular complexity index is 324. The Hall–Kier alpha value is -1.06. The lowest BCUT2D eigenvalue weighted by atomic mass is 10.0. The molecule has 96 valence electrons. The molecule has 1 N–H and O–H groups in total. The van der Waals surface area contributed by atoms with Crippen LogP contribution in [0.4, 0.5) is 0 Å². The van der Waals surface area contributed by atoms with Gasteiger partial charge in [0, 0.05) is 13.2 Å². The highest BCUT2D eigenvalue weighted by molar-refractivity contribution is 5.30. The second-order valence-corrected chi connectivity index (χ2v) is 4.21. The summed E-state index contributed by atoms with van der Waals surface area (Å²) >= 11 is 0. The standard InChI is InChI=1S/C14H23NO2/c1-5-14(15-3)12-7-6-8-13(9-12)17-11(2)10-16-4/h6-9,11,14-15H,5,10H2,1-4H3. The van der Waals surface area contributed by atoms with E-state index < -0.39 is 0 Å². The van der Waals surface area contributed by atoms with Gasteiger partial charge in [0.1, 0.15) is 11.9 Å². The summed E-state index contributed by atoms with van der Waals surface area (Å²) in [6, 6.07) is 8.62. The van der Waals surface area contributed by atoms with Crippen molar-refractivity contribution in [1.82, 2.24) is 5.32 Å². The van der Waals surface area contributed by atoms with Gasteiger partial charge in [-0.25, -0.2) is 0 Å². The third-order valence-corrected chi connectivity index (χ3v) is 2.76. The van der Waals surface area contributed by atoms with E-state index >= 15 is 0 Å². The van der Waals surface area contributed by atoms with Crippen LogP contribution in [0.15, 0.2) is 24.3 Å². The Morgan fingerprint density at radius 1 is 1.35 bits per heavy atom. The lowest BCUT2D eigenvalue weighted by Crippen LogP contribution is -2.19. The van der Waals surface area contributed by atoms with Crippen molar-refractivity contribution >= 4 is 0 Å². The normalized spacial score (nSPS) is 14.4. The fourth-order valence-corrected chi connectivity index (χ4v) is 1.91. The van der Waals surface area contributed by atoms with E-state index in [0.717, 1.165) is 12.2 Å². The molecule has 0 aliphatic heterocycles. The van der Waals surface area contributed by atoms with Crippen molar-refractivity contribution in [3.63, 3.8) is 0 Å². The molecule has 0 aromatic heterocycles. The van der Waals surface area contributed by atoms with Crippen LogP contribution in [-0.2, 0) is 4.74 Å². The average molecular weight is 237 g/mol. The maximum absolute atomic E-state index is 5.78. The molecule has 0 heterocycles. The van der Waals surface area contributed by atoms with Crippen LogP contribution in [0.5, 0.6) is 5.75 Å². The maximum atomic E-state index is 5.78. The number of hydrogen-bond acceptors (Lipinski definition) is 3. The van der Waals surface area contributed by atoms with Gasteiger partial charge in [0.2, 0.25) is 0 Å². The number of rotatable bonds is 7. The van der Waals surface area contributed by atoms with E-state index in [0.29, 0.717) is 12.6 Å². The summed E-state index contributed by atoms with van der Waals surface area (Å²) in [6.45, 7) is 4.78. The Balaban J connectivity index is 2.71. The van der Waals surface area contributed by atoms with Gasteiger partial charge in [-0.2, -0.15) is 0 Å². The predicted molar refractivity (Wildman–Crippen MR) is 70.5 cm³/mol. The quantitative estimate of drug-likeness (QED) is 0.791. The van der Waals surface area contributed by atoms with E-state index in [4.69, 9.17) is 9.47 Å². The summed E-state index contributed by atoms with van der Waals surface area (Å²) in [5.41, 5.74) is 1.26. The minimum absolute atomic E-state index is 0.0740. The topological polar surface area (TPSA) is 30.5 Å². The molecule has 0 saturated heterocycles. The minimum atomic E-state index is 0.0740. The Morgan fingerprint density at radius 3 is 2.71 bits per heavy atom. The number of methoxy groups -OCH3 is 1. The number of nitrogens with one attached hydrogen (secondary N) is 1. The molecule has 1 aromatic rings. The minimum Gasteiger partial charge on any atom is -0.488 e. The fraction of sp³-hybridized carbons (Fsp3) is 0.571. The summed E-state index contributed by atoms with van der Waals surface area (Å²) in [4.78, 5) is 0. The molecule has 0 aliphatic rings. The molecule has 17 heavy (non-hydrogen) atoms. The molecule has 0 spiro atoms. The van der Waals surface area contributed by atoms with Crippen molar-refractivity contribution < 1.29 is 9.47 Å². The van der Waals surface area contributed by atoms with Gasteiger partial charge >= 0.3 is 0 Å². The zero-order valence-electron chi connectivity index (χ0n) is 11.2. The molecular weight excluding hydrogens is 214 g/mol. The molecule has 1 aromatic carbocycles. The third kappa shape index (κ3) is 4.36. The summed E-state index contributed by atoms with van der Waals surface area (Å²) in [6.07, 6.45) is 1.14. The van der Waals surface area contributed by atoms with Gasteiger partial charge < -0.3 is 14.8 Å². The van der Waals surface area contributed by atoms with Crippen LogP contribution in [0.1, 0.15) is 31.9 Å². The van der Waals surface area contributed by atoms with E-state index in [1.54, 1.807) is 7.11 Å². The van der Waals surface area contributed by atoms with Crippen molar-refractivity contribution in [2.45, 2.75) is 32.4 Å². The predicted octanol–water partition coefficient (Wildman–Crippen LogP) is 2.77. The van der Waals surface area contributed by atoms with Crippen LogP contribution in [0.25, 0.3) is 0 Å². The largest absolute Gasteiger partial charge is 0.488 e. The van der Waals surface area contributed by atoms with E-state index in [1.165, 1.54) is 5.56 Å². The monoisotopic (exact) mass is 237 g/mol. The molecule has 3 nitrogen and oxygen atoms in total. The molecule has 0 bridgehead atoms. The fourth-order valence-electron chi connectivity index (χ4n) is 1.91. The molecule has 0 radical (unpaired) electrons. The second-order valence-electron chi connectivity index (χ2n) is 4.21. The first-order chi connectivity index (χ1) is 8.21. The highest BCUT2D eigenvalue weighted by Crippen LogP contribution is 2.21. The molecule has 0 fully saturated rings. The van der Waals surface area contributed by atoms with E-state index in [2.05, 4.69) is 24.4 Å². The van der Waals surface area contributed by atoms with Crippen LogP contribution in [0, 0.1) is 0 Å². The number of benzene rings is 1. The third-order valence-electron chi connectivity index (χ3n) is 2.76. The molecular formula is C14H23NO2. The smallest absolute Gasteiger partial charge is 0.120 e. The van der Waals surface area contributed by atoms with Gasteiger partial charge in [-0.1, -0.05) is 19.1 Å². The summed E-state index contributed by atoms with van der Waals surface area (Å²) < 4.78 is 10.8. The molecule has 2 atom stereocenters. The number of ether oxygens (including phenoxy) is 2. The van der Waals surface area contributed by atoms with Gasteiger partial charge in [-0.15, -0.1) is 0 Å². The van der Waals surface area contributed by atoms with Crippen LogP contribution in [-0.4, -0.2) is 26.9 Å². The Morgan fingerprint density at radius 2 is 2.12 bits per heavy atom. The summed E-state index contributed by atoms with van der Waals surface area (Å²) in [5, 5.41) is 3.29. The van der Waals surface area contributed by atoms with Crippen molar-refractivity contribution in [2.75, 3.05) is 20.8 Å². The van der Waals surface area contributed by atoms with Gasteiger partial charge in [0.15, 0.2) is 0 Å². The van der Waals surface area contributed by atoms with Crippen molar-refractivity contribution in [2.24, 2.45) is 0 Å². The molecule has 2 unspecified atom stereocenters. The van der Waals surface area contributed by atoms with Gasteiger partial charge in [0.25, 0.3) is 0 Å². The summed E-state index contributed by atoms with van der Waals surface area (Å²) in [5.74, 6) is 0.903. The van der Waals surface area contributed by atoms with Crippen LogP contribution < -0.4 is 10.1 Å². The molecule has 3 heteroatoms. The molecule has 0 amide bonds. The van der Waals surface area contributed by atoms with E-state index in [-0.39, 0.29) is 6.10 Å². The molecule has 1 rings (SSSR count). The first-order valence-corrected chi connectivity index (χ1v) is 6.14. The van der Waals surface area contributed by atoms with Gasteiger partial charge in [0.05, 0.1) is 6.61 Å². The summed E-state index contributed by atoms with van der Waals surface area (Å²) in [7, 11) is 3.67. The Labute approximate surface area is 104 Å². The van der Waals surface area contributed by atoms with Gasteiger partial charge in [-0.05, 0) is 38.1 Å². The van der Waals surface area contributed by atoms with Gasteiger partial charge in [-0.3, -0.25) is 0 Å². The lowest BCUT2D eigenvalue weighted by Gasteiger charge is -2.17. The van der Waals surface area contributed by atoms with E-state index in [1.807, 2.05) is 26.1 Å². The highest BCUT2D eigenvalue weighted by Gasteiger charge is 2.08. The first-order valence-electron chi connectivity index (χ1n) is 6.14. The zero-order chi connectivity index (χ0) is 12.7. The highest BCUT2D eigenvalue weighted by atomic mass is 16.5. The molecule has 0 aliphatic carbocycles. The van der Waals surface area contributed by atoms with Crippen molar-refractivity contribution in [3.8, 4) is 5.75 Å². The maximum Gasteiger partial charge on any atom is 0.120 e. The SMILES string of the molecule is CCC(NC)c1cccc(OC(C)COC)c1. The Kier molecular flexibility index (Phi) is 6.01.